The number of carbonyl (C=O) groups excluding carboxylic acids is 1. The smallest absolute Gasteiger partial charge is 0.399 e. The van der Waals surface area contributed by atoms with Gasteiger partial charge in [0.15, 0.2) is 0 Å². The van der Waals surface area contributed by atoms with Gasteiger partial charge in [0, 0.05) is 11.1 Å². The van der Waals surface area contributed by atoms with Crippen molar-refractivity contribution in [3.05, 3.63) is 35.7 Å². The summed E-state index contributed by atoms with van der Waals surface area (Å²) in [5.74, 6) is -2.01. The number of nitrogens with one attached hydrogen (secondary N) is 1. The van der Waals surface area contributed by atoms with E-state index in [2.05, 4.69) is 30.0 Å². The molecule has 1 N–H and O–H groups in total. The fraction of sp³-hybridized carbons (Fsp3) is 0.231. The molecule has 0 bridgehead atoms. The second kappa shape index (κ2) is 6.90. The Morgan fingerprint density at radius 3 is 2.65 bits per heavy atom. The van der Waals surface area contributed by atoms with Crippen LogP contribution in [0.5, 0.6) is 0 Å². The maximum absolute atomic E-state index is 12.4. The van der Waals surface area contributed by atoms with Gasteiger partial charge < -0.3 is 14.7 Å². The predicted octanol–water partition coefficient (Wildman–Crippen LogP) is 2.12. The summed E-state index contributed by atoms with van der Waals surface area (Å²) in [5.41, 5.74) is 0.612. The van der Waals surface area contributed by atoms with Gasteiger partial charge in [-0.25, -0.2) is 0 Å². The number of nitrogens with zero attached hydrogens (tertiary/aromatic N) is 3. The number of hydrogen-bond donors (Lipinski definition) is 1. The van der Waals surface area contributed by atoms with Crippen molar-refractivity contribution in [3.8, 4) is 11.4 Å². The first-order valence-electron chi connectivity index (χ1n) is 6.26. The van der Waals surface area contributed by atoms with Gasteiger partial charge >= 0.3 is 12.1 Å². The third-order valence-corrected chi connectivity index (χ3v) is 2.61. The summed E-state index contributed by atoms with van der Waals surface area (Å²) in [4.78, 5) is 19.5. The number of hydrogen-bond acceptors (Lipinski definition) is 6. The number of aromatic nitrogens is 2. The van der Waals surface area contributed by atoms with Crippen molar-refractivity contribution in [2.45, 2.75) is 6.18 Å². The van der Waals surface area contributed by atoms with Crippen LogP contribution in [0.1, 0.15) is 16.2 Å². The molecule has 1 aromatic carbocycles. The molecular weight excluding hydrogens is 317 g/mol. The quantitative estimate of drug-likeness (QED) is 0.671. The minimum atomic E-state index is -4.70. The SMILES string of the molecule is CON=CCNC(=O)c1ccc(-c2noc(C(F)(F)F)n2)cc1. The van der Waals surface area contributed by atoms with Crippen LogP contribution in [-0.2, 0) is 11.0 Å². The van der Waals surface area contributed by atoms with Gasteiger partial charge in [0.05, 0.1) is 12.8 Å². The van der Waals surface area contributed by atoms with Gasteiger partial charge in [0.1, 0.15) is 7.11 Å². The van der Waals surface area contributed by atoms with Crippen LogP contribution in [0, 0.1) is 0 Å². The summed E-state index contributed by atoms with van der Waals surface area (Å²) in [7, 11) is 1.37. The Bertz CT molecular complexity index is 695. The van der Waals surface area contributed by atoms with Crippen LogP contribution in [0.2, 0.25) is 0 Å². The largest absolute Gasteiger partial charge is 0.471 e. The zero-order valence-electron chi connectivity index (χ0n) is 11.8. The lowest BCUT2D eigenvalue weighted by Gasteiger charge is -2.02. The van der Waals surface area contributed by atoms with Crippen LogP contribution in [0.4, 0.5) is 13.2 Å². The van der Waals surface area contributed by atoms with Crippen LogP contribution in [-0.4, -0.2) is 35.9 Å². The van der Waals surface area contributed by atoms with E-state index >= 15 is 0 Å². The molecule has 2 rings (SSSR count). The number of amides is 1. The van der Waals surface area contributed by atoms with Gasteiger partial charge in [0.25, 0.3) is 5.91 Å². The maximum Gasteiger partial charge on any atom is 0.471 e. The molecule has 0 atom stereocenters. The summed E-state index contributed by atoms with van der Waals surface area (Å²) in [5, 5.41) is 9.26. The van der Waals surface area contributed by atoms with E-state index in [1.807, 2.05) is 0 Å². The zero-order chi connectivity index (χ0) is 16.9. The second-order valence-electron chi connectivity index (χ2n) is 4.18. The minimum absolute atomic E-state index is 0.175. The Morgan fingerprint density at radius 1 is 1.39 bits per heavy atom. The fourth-order valence-corrected chi connectivity index (χ4v) is 1.58. The summed E-state index contributed by atoms with van der Waals surface area (Å²) in [6.45, 7) is 0.175. The number of benzene rings is 1. The number of carbonyl (C=O) groups is 1. The zero-order valence-corrected chi connectivity index (χ0v) is 11.8. The van der Waals surface area contributed by atoms with E-state index in [1.54, 1.807) is 0 Å². The van der Waals surface area contributed by atoms with Crippen molar-refractivity contribution >= 4 is 12.1 Å². The number of oxime groups is 1. The molecule has 1 aromatic heterocycles. The molecule has 0 spiro atoms. The highest BCUT2D eigenvalue weighted by Gasteiger charge is 2.38. The Kier molecular flexibility index (Phi) is 4.94. The second-order valence-corrected chi connectivity index (χ2v) is 4.18. The molecule has 0 fully saturated rings. The summed E-state index contributed by atoms with van der Waals surface area (Å²) in [6, 6.07) is 5.70. The lowest BCUT2D eigenvalue weighted by atomic mass is 10.1. The molecule has 0 aliphatic carbocycles. The molecule has 122 valence electrons. The molecule has 2 aromatic rings. The first kappa shape index (κ1) is 16.5. The number of halogens is 3. The van der Waals surface area contributed by atoms with Crippen molar-refractivity contribution in [2.24, 2.45) is 5.16 Å². The van der Waals surface area contributed by atoms with Crippen molar-refractivity contribution < 1.29 is 27.3 Å². The highest BCUT2D eigenvalue weighted by molar-refractivity contribution is 5.95. The average Bonchev–Trinajstić information content (AvgIpc) is 3.02. The van der Waals surface area contributed by atoms with Gasteiger partial charge in [-0.3, -0.25) is 4.79 Å². The van der Waals surface area contributed by atoms with Crippen LogP contribution >= 0.6 is 0 Å². The fourth-order valence-electron chi connectivity index (χ4n) is 1.58. The van der Waals surface area contributed by atoms with E-state index in [0.717, 1.165) is 0 Å². The summed E-state index contributed by atoms with van der Waals surface area (Å²) >= 11 is 0. The van der Waals surface area contributed by atoms with Crippen LogP contribution in [0.25, 0.3) is 11.4 Å². The number of rotatable bonds is 5. The molecule has 7 nitrogen and oxygen atoms in total. The molecular formula is C13H11F3N4O3. The molecule has 0 aliphatic rings. The van der Waals surface area contributed by atoms with Crippen molar-refractivity contribution in [1.29, 1.82) is 0 Å². The van der Waals surface area contributed by atoms with Crippen LogP contribution in [0.15, 0.2) is 33.9 Å². The predicted molar refractivity (Wildman–Crippen MR) is 72.6 cm³/mol. The minimum Gasteiger partial charge on any atom is -0.399 e. The van der Waals surface area contributed by atoms with Gasteiger partial charge in [-0.1, -0.05) is 22.4 Å². The Balaban J connectivity index is 2.06. The first-order chi connectivity index (χ1) is 10.9. The maximum atomic E-state index is 12.4. The number of alkyl halides is 3. The molecule has 10 heteroatoms. The Morgan fingerprint density at radius 2 is 2.09 bits per heavy atom. The summed E-state index contributed by atoms with van der Waals surface area (Å²) < 4.78 is 41.3. The van der Waals surface area contributed by atoms with E-state index in [9.17, 15) is 18.0 Å². The van der Waals surface area contributed by atoms with E-state index in [0.29, 0.717) is 11.1 Å². The topological polar surface area (TPSA) is 89.6 Å². The van der Waals surface area contributed by atoms with Crippen LogP contribution in [0.3, 0.4) is 0 Å². The molecule has 1 heterocycles. The Labute approximate surface area is 128 Å². The molecule has 0 radical (unpaired) electrons. The van der Waals surface area contributed by atoms with E-state index in [4.69, 9.17) is 0 Å². The molecule has 1 amide bonds. The van der Waals surface area contributed by atoms with E-state index < -0.39 is 12.1 Å². The lowest BCUT2D eigenvalue weighted by Crippen LogP contribution is -2.25. The highest BCUT2D eigenvalue weighted by atomic mass is 19.4. The molecule has 0 aliphatic heterocycles. The lowest BCUT2D eigenvalue weighted by molar-refractivity contribution is -0.159. The van der Waals surface area contributed by atoms with Gasteiger partial charge in [0.2, 0.25) is 5.82 Å². The van der Waals surface area contributed by atoms with Gasteiger partial charge in [-0.05, 0) is 12.1 Å². The standard InChI is InChI=1S/C13H11F3N4O3/c1-22-18-7-6-17-11(21)9-4-2-8(3-5-9)10-19-12(23-20-10)13(14,15)16/h2-5,7H,6H2,1H3,(H,17,21). The average molecular weight is 328 g/mol. The highest BCUT2D eigenvalue weighted by Crippen LogP contribution is 2.29. The third kappa shape index (κ3) is 4.28. The van der Waals surface area contributed by atoms with Crippen molar-refractivity contribution in [3.63, 3.8) is 0 Å². The normalized spacial score (nSPS) is 11.7. The van der Waals surface area contributed by atoms with E-state index in [-0.39, 0.29) is 18.3 Å². The van der Waals surface area contributed by atoms with Gasteiger partial charge in [-0.15, -0.1) is 0 Å². The van der Waals surface area contributed by atoms with Crippen molar-refractivity contribution in [2.75, 3.05) is 13.7 Å². The summed E-state index contributed by atoms with van der Waals surface area (Å²) in [6.07, 6.45) is -3.33. The van der Waals surface area contributed by atoms with Crippen LogP contribution < -0.4 is 5.32 Å². The molecule has 23 heavy (non-hydrogen) atoms. The molecule has 0 saturated heterocycles. The van der Waals surface area contributed by atoms with E-state index in [1.165, 1.54) is 37.6 Å². The molecule has 0 saturated carbocycles. The van der Waals surface area contributed by atoms with Crippen molar-refractivity contribution in [1.82, 2.24) is 15.5 Å². The Hall–Kier alpha value is -2.91. The van der Waals surface area contributed by atoms with Gasteiger partial charge in [-0.2, -0.15) is 18.2 Å². The first-order valence-corrected chi connectivity index (χ1v) is 6.26. The third-order valence-electron chi connectivity index (χ3n) is 2.61. The monoisotopic (exact) mass is 328 g/mol. The molecule has 0 unspecified atom stereocenters.